The van der Waals surface area contributed by atoms with Crippen LogP contribution in [0.25, 0.3) is 0 Å². The monoisotopic (exact) mass is 481 g/mol. The smallest absolute Gasteiger partial charge is 0.328 e. The van der Waals surface area contributed by atoms with E-state index in [1.807, 2.05) is 12.1 Å². The molecule has 140 valence electrons. The fraction of sp³-hybridized carbons (Fsp3) is 0.529. The van der Waals surface area contributed by atoms with Crippen LogP contribution in [0.5, 0.6) is 11.5 Å². The largest absolute Gasteiger partial charge is 0.493 e. The minimum Gasteiger partial charge on any atom is -0.493 e. The zero-order chi connectivity index (χ0) is 19.2. The first-order chi connectivity index (χ1) is 11.7. The van der Waals surface area contributed by atoms with Crippen molar-refractivity contribution < 1.29 is 23.8 Å². The summed E-state index contributed by atoms with van der Waals surface area (Å²) in [5, 5.41) is 2.78. The third-order valence-corrected chi connectivity index (χ3v) is 5.52. The molecule has 1 aromatic rings. The van der Waals surface area contributed by atoms with Gasteiger partial charge in [-0.2, -0.15) is 0 Å². The molecular formula is C17H24INO5S. The number of hydrogen-bond donors (Lipinski definition) is 1. The van der Waals surface area contributed by atoms with Gasteiger partial charge in [0.1, 0.15) is 6.04 Å². The summed E-state index contributed by atoms with van der Waals surface area (Å²) >= 11 is 2.16. The Bertz CT molecular complexity index is 630. The van der Waals surface area contributed by atoms with Gasteiger partial charge in [-0.1, -0.05) is 29.7 Å². The van der Waals surface area contributed by atoms with Gasteiger partial charge in [0.05, 0.1) is 21.3 Å². The lowest BCUT2D eigenvalue weighted by Gasteiger charge is -2.23. The molecule has 0 radical (unpaired) electrons. The number of halogens is 1. The van der Waals surface area contributed by atoms with E-state index >= 15 is 0 Å². The van der Waals surface area contributed by atoms with Gasteiger partial charge < -0.3 is 19.5 Å². The highest BCUT2D eigenvalue weighted by atomic mass is 127. The molecule has 8 heteroatoms. The van der Waals surface area contributed by atoms with Gasteiger partial charge in [-0.15, -0.1) is 0 Å². The predicted molar refractivity (Wildman–Crippen MR) is 107 cm³/mol. The Labute approximate surface area is 164 Å². The first-order valence-electron chi connectivity index (χ1n) is 7.60. The summed E-state index contributed by atoms with van der Waals surface area (Å²) in [7, 11) is 5.93. The summed E-state index contributed by atoms with van der Waals surface area (Å²) in [4.78, 5) is 25.4. The molecule has 0 heterocycles. The van der Waals surface area contributed by atoms with E-state index in [1.54, 1.807) is 35.0 Å². The van der Waals surface area contributed by atoms with Crippen LogP contribution in [0.1, 0.15) is 26.3 Å². The van der Waals surface area contributed by atoms with Crippen LogP contribution < -0.4 is 14.8 Å². The number of nitrogens with one attached hydrogen (secondary N) is 1. The topological polar surface area (TPSA) is 73.9 Å². The van der Waals surface area contributed by atoms with Crippen LogP contribution >= 0.6 is 30.1 Å². The molecule has 0 saturated carbocycles. The second kappa shape index (κ2) is 9.51. The maximum Gasteiger partial charge on any atom is 0.328 e. The Morgan fingerprint density at radius 3 is 2.16 bits per heavy atom. The molecule has 1 N–H and O–H groups in total. The number of hydrogen-bond acceptors (Lipinski definition) is 6. The number of carbonyl (C=O) groups is 2. The number of rotatable bonds is 7. The van der Waals surface area contributed by atoms with Crippen molar-refractivity contribution >= 4 is 42.0 Å². The molecule has 1 aromatic carbocycles. The minimum absolute atomic E-state index is 0.216. The van der Waals surface area contributed by atoms with Gasteiger partial charge >= 0.3 is 5.97 Å². The van der Waals surface area contributed by atoms with Crippen molar-refractivity contribution in [3.8, 4) is 11.5 Å². The summed E-state index contributed by atoms with van der Waals surface area (Å²) in [5.41, 5.74) is 0.256. The molecule has 0 spiro atoms. The lowest BCUT2D eigenvalue weighted by Crippen LogP contribution is -2.47. The van der Waals surface area contributed by atoms with Gasteiger partial charge in [-0.25, -0.2) is 4.79 Å². The summed E-state index contributed by atoms with van der Waals surface area (Å²) in [6.07, 6.45) is 0.292. The standard InChI is InChI=1S/C17H24INO5S/c1-17(2,3)16(21)19-11(15(20)24-6)7-10-8-12(22-4)13(23-5)9-14(10)25-18/h8-9,11H,7H2,1-6H3,(H,19,21)/t11-/m0/s1. The molecule has 1 rings (SSSR count). The lowest BCUT2D eigenvalue weighted by atomic mass is 9.94. The average molecular weight is 481 g/mol. The Balaban J connectivity index is 3.19. The number of methoxy groups -OCH3 is 3. The molecule has 0 aliphatic rings. The molecule has 0 aliphatic carbocycles. The Hall–Kier alpha value is -1.16. The number of esters is 1. The zero-order valence-corrected chi connectivity index (χ0v) is 18.2. The van der Waals surface area contributed by atoms with Crippen LogP contribution in [-0.2, 0) is 20.7 Å². The first-order valence-corrected chi connectivity index (χ1v) is 11.0. The highest BCUT2D eigenvalue weighted by molar-refractivity contribution is 14.2. The van der Waals surface area contributed by atoms with Crippen molar-refractivity contribution in [1.29, 1.82) is 0 Å². The van der Waals surface area contributed by atoms with Gasteiger partial charge in [0.25, 0.3) is 0 Å². The maximum absolute atomic E-state index is 12.3. The van der Waals surface area contributed by atoms with Crippen LogP contribution in [0, 0.1) is 5.41 Å². The third-order valence-electron chi connectivity index (χ3n) is 3.55. The first kappa shape index (κ1) is 21.9. The molecule has 6 nitrogen and oxygen atoms in total. The second-order valence-electron chi connectivity index (χ2n) is 6.40. The number of benzene rings is 1. The molecule has 0 bridgehead atoms. The fourth-order valence-corrected chi connectivity index (χ4v) is 3.69. The third kappa shape index (κ3) is 5.95. The summed E-state index contributed by atoms with van der Waals surface area (Å²) in [6, 6.07) is 2.89. The van der Waals surface area contributed by atoms with E-state index in [2.05, 4.69) is 26.5 Å². The van der Waals surface area contributed by atoms with Crippen molar-refractivity contribution in [1.82, 2.24) is 5.32 Å². The molecule has 0 saturated heterocycles. The predicted octanol–water partition coefficient (Wildman–Crippen LogP) is 3.39. The summed E-state index contributed by atoms with van der Waals surface area (Å²) in [6.45, 7) is 5.37. The highest BCUT2D eigenvalue weighted by Gasteiger charge is 2.29. The van der Waals surface area contributed by atoms with Crippen molar-refractivity contribution in [2.75, 3.05) is 21.3 Å². The molecule has 0 aromatic heterocycles. The molecular weight excluding hydrogens is 457 g/mol. The SMILES string of the molecule is COC(=O)[C@H](Cc1cc(OC)c(OC)cc1SI)NC(=O)C(C)(C)C. The molecule has 0 fully saturated rings. The van der Waals surface area contributed by atoms with Crippen LogP contribution in [0.15, 0.2) is 17.0 Å². The Kier molecular flexibility index (Phi) is 8.33. The van der Waals surface area contributed by atoms with Crippen molar-refractivity contribution in [3.63, 3.8) is 0 Å². The Morgan fingerprint density at radius 2 is 1.72 bits per heavy atom. The summed E-state index contributed by atoms with van der Waals surface area (Å²) < 4.78 is 15.5. The van der Waals surface area contributed by atoms with E-state index in [4.69, 9.17) is 14.2 Å². The van der Waals surface area contributed by atoms with Gasteiger partial charge in [-0.05, 0) is 17.7 Å². The van der Waals surface area contributed by atoms with Gasteiger partial charge in [0.2, 0.25) is 5.91 Å². The van der Waals surface area contributed by atoms with Crippen molar-refractivity contribution in [3.05, 3.63) is 17.7 Å². The molecule has 25 heavy (non-hydrogen) atoms. The lowest BCUT2D eigenvalue weighted by molar-refractivity contribution is -0.146. The van der Waals surface area contributed by atoms with E-state index in [0.717, 1.165) is 10.5 Å². The van der Waals surface area contributed by atoms with E-state index < -0.39 is 17.4 Å². The van der Waals surface area contributed by atoms with Crippen molar-refractivity contribution in [2.24, 2.45) is 5.41 Å². The van der Waals surface area contributed by atoms with E-state index in [-0.39, 0.29) is 5.91 Å². The maximum atomic E-state index is 12.3. The van der Waals surface area contributed by atoms with Gasteiger partial charge in [0, 0.05) is 37.9 Å². The molecule has 1 amide bonds. The number of carbonyl (C=O) groups excluding carboxylic acids is 2. The Morgan fingerprint density at radius 1 is 1.16 bits per heavy atom. The molecule has 1 atom stereocenters. The molecule has 0 unspecified atom stereocenters. The van der Waals surface area contributed by atoms with Gasteiger partial charge in [0.15, 0.2) is 11.5 Å². The highest BCUT2D eigenvalue weighted by Crippen LogP contribution is 2.38. The normalized spacial score (nSPS) is 12.3. The quantitative estimate of drug-likeness (QED) is 0.476. The van der Waals surface area contributed by atoms with Gasteiger partial charge in [-0.3, -0.25) is 4.79 Å². The number of ether oxygens (including phenoxy) is 3. The summed E-state index contributed by atoms with van der Waals surface area (Å²) in [5.74, 6) is 0.472. The van der Waals surface area contributed by atoms with E-state index in [9.17, 15) is 9.59 Å². The second-order valence-corrected chi connectivity index (χ2v) is 8.31. The minimum atomic E-state index is -0.780. The average Bonchev–Trinajstić information content (AvgIpc) is 2.58. The van der Waals surface area contributed by atoms with E-state index in [0.29, 0.717) is 17.9 Å². The van der Waals surface area contributed by atoms with Crippen LogP contribution in [0.3, 0.4) is 0 Å². The van der Waals surface area contributed by atoms with Crippen LogP contribution in [0.4, 0.5) is 0 Å². The van der Waals surface area contributed by atoms with E-state index in [1.165, 1.54) is 16.0 Å². The van der Waals surface area contributed by atoms with Crippen LogP contribution in [0.2, 0.25) is 0 Å². The van der Waals surface area contributed by atoms with Crippen molar-refractivity contribution in [2.45, 2.75) is 38.1 Å². The molecule has 0 aliphatic heterocycles. The number of amides is 1. The fourth-order valence-electron chi connectivity index (χ4n) is 2.06. The zero-order valence-electron chi connectivity index (χ0n) is 15.3. The van der Waals surface area contributed by atoms with Crippen LogP contribution in [-0.4, -0.2) is 39.2 Å².